The van der Waals surface area contributed by atoms with Crippen molar-refractivity contribution in [1.29, 1.82) is 0 Å². The summed E-state index contributed by atoms with van der Waals surface area (Å²) in [6, 6.07) is 44.1. The van der Waals surface area contributed by atoms with Crippen molar-refractivity contribution in [2.75, 3.05) is 0 Å². The fourth-order valence-electron chi connectivity index (χ4n) is 17.3. The van der Waals surface area contributed by atoms with Crippen molar-refractivity contribution < 1.29 is 35.9 Å². The van der Waals surface area contributed by atoms with Crippen LogP contribution >= 0.6 is 0 Å². The lowest BCUT2D eigenvalue weighted by Crippen LogP contribution is -2.33. The Labute approximate surface area is 653 Å². The Bertz CT molecular complexity index is 6190. The summed E-state index contributed by atoms with van der Waals surface area (Å²) in [5.74, 6) is 3.40. The second-order valence-corrected chi connectivity index (χ2v) is 34.3. The number of rotatable bonds is 13. The van der Waals surface area contributed by atoms with Crippen molar-refractivity contribution in [2.24, 2.45) is 30.7 Å². The second-order valence-electron chi connectivity index (χ2n) is 34.3. The molecule has 0 unspecified atom stereocenters. The number of benzene rings is 4. The van der Waals surface area contributed by atoms with E-state index in [9.17, 15) is 0 Å². The molecule has 12 aromatic heterocycles. The van der Waals surface area contributed by atoms with Crippen molar-refractivity contribution in [3.8, 4) is 45.0 Å². The first-order valence-corrected chi connectivity index (χ1v) is 40.7. The van der Waals surface area contributed by atoms with E-state index >= 15 is 0 Å². The van der Waals surface area contributed by atoms with Gasteiger partial charge >= 0.3 is 0 Å². The molecule has 0 saturated carbocycles. The lowest BCUT2D eigenvalue weighted by Gasteiger charge is -2.11. The molecule has 12 nitrogen and oxygen atoms in total. The minimum atomic E-state index is 0.390. The van der Waals surface area contributed by atoms with E-state index in [4.69, 9.17) is 37.6 Å². The van der Waals surface area contributed by atoms with Crippen molar-refractivity contribution >= 4 is 88.3 Å². The topological polar surface area (TPSA) is 120 Å². The van der Waals surface area contributed by atoms with Crippen LogP contribution in [0.4, 0.5) is 0 Å². The maximum Gasteiger partial charge on any atom is 0.227 e. The van der Waals surface area contributed by atoms with Gasteiger partial charge in [0, 0.05) is 129 Å². The number of hydrogen-bond donors (Lipinski definition) is 0. The first-order valence-electron chi connectivity index (χ1n) is 40.7. The Morgan fingerprint density at radius 3 is 0.928 bits per heavy atom. The third-order valence-corrected chi connectivity index (χ3v) is 23.2. The van der Waals surface area contributed by atoms with Crippen LogP contribution in [0.3, 0.4) is 0 Å². The third kappa shape index (κ3) is 13.8. The van der Waals surface area contributed by atoms with Gasteiger partial charge in [-0.05, 0) is 203 Å². The Morgan fingerprint density at radius 1 is 0.315 bits per heavy atom. The van der Waals surface area contributed by atoms with Crippen LogP contribution in [0.1, 0.15) is 198 Å². The SMILES string of the molecule is CCc1ccc2c(n1)oc1c(-c3cc(C)c(CC(C)C)c[n+]3C)c(C)ccc12.CCc1ccc2c(n1)oc1c3c(ccc12)C[n+]1cc(CC(C)C)c(C)cc1-3.Cc1cc2[n+](cc1CC(C)C)Cc1ccc3c(oc4nc(C(C)C)ccc43)c1-2.Cc1cc2[n+](cc1CC(C)C)Cc1ccc3c(oc4nc(C(C)C)ccc43)c1-2. The first kappa shape index (κ1) is 74.4. The molecule has 0 N–H and O–H groups in total. The summed E-state index contributed by atoms with van der Waals surface area (Å²) >= 11 is 0. The van der Waals surface area contributed by atoms with Gasteiger partial charge in [-0.2, -0.15) is 13.7 Å². The van der Waals surface area contributed by atoms with Crippen molar-refractivity contribution in [3.63, 3.8) is 0 Å². The van der Waals surface area contributed by atoms with Gasteiger partial charge in [-0.15, -0.1) is 0 Å². The minimum absolute atomic E-state index is 0.390. The van der Waals surface area contributed by atoms with E-state index in [-0.39, 0.29) is 0 Å². The number of fused-ring (bicyclic) bond motifs is 24. The monoisotopic (exact) mass is 1470 g/mol. The first-order chi connectivity index (χ1) is 53.3. The normalized spacial score (nSPS) is 12.7. The fourth-order valence-corrected chi connectivity index (χ4v) is 17.3. The number of aryl methyl sites for hydroxylation is 8. The molecule has 12 heteroatoms. The Balaban J connectivity index is 0.000000112. The van der Waals surface area contributed by atoms with Crippen molar-refractivity contribution in [2.45, 2.75) is 202 Å². The van der Waals surface area contributed by atoms with Crippen LogP contribution in [0.15, 0.2) is 164 Å². The Kier molecular flexibility index (Phi) is 19.8. The summed E-state index contributed by atoms with van der Waals surface area (Å²) in [4.78, 5) is 19.0. The molecule has 15 heterocycles. The minimum Gasteiger partial charge on any atom is -0.437 e. The molecule has 4 aromatic carbocycles. The van der Waals surface area contributed by atoms with Gasteiger partial charge in [-0.25, -0.2) is 24.5 Å². The quantitative estimate of drug-likeness (QED) is 0.105. The van der Waals surface area contributed by atoms with E-state index in [1.54, 1.807) is 0 Å². The molecule has 111 heavy (non-hydrogen) atoms. The van der Waals surface area contributed by atoms with E-state index < -0.39 is 0 Å². The molecule has 19 rings (SSSR count). The van der Waals surface area contributed by atoms with Crippen LogP contribution in [0.5, 0.6) is 0 Å². The van der Waals surface area contributed by atoms with E-state index in [1.165, 1.54) is 106 Å². The Hall–Kier alpha value is -10.7. The molecule has 0 atom stereocenters. The summed E-state index contributed by atoms with van der Waals surface area (Å²) in [6.07, 6.45) is 15.6. The zero-order valence-corrected chi connectivity index (χ0v) is 68.9. The van der Waals surface area contributed by atoms with Gasteiger partial charge in [0.1, 0.15) is 7.05 Å². The molecule has 3 aliphatic rings. The molecule has 0 saturated heterocycles. The maximum absolute atomic E-state index is 6.35. The van der Waals surface area contributed by atoms with Gasteiger partial charge in [0.25, 0.3) is 0 Å². The highest BCUT2D eigenvalue weighted by atomic mass is 16.4. The number of hydrogen-bond acceptors (Lipinski definition) is 8. The highest BCUT2D eigenvalue weighted by Gasteiger charge is 2.36. The zero-order valence-electron chi connectivity index (χ0n) is 68.9. The molecule has 0 bridgehead atoms. The summed E-state index contributed by atoms with van der Waals surface area (Å²) in [5, 5.41) is 9.03. The predicted molar refractivity (Wildman–Crippen MR) is 452 cm³/mol. The molecule has 0 spiro atoms. The zero-order chi connectivity index (χ0) is 77.9. The second kappa shape index (κ2) is 29.5. The van der Waals surface area contributed by atoms with Crippen molar-refractivity contribution in [1.82, 2.24) is 19.9 Å². The van der Waals surface area contributed by atoms with Crippen LogP contribution < -0.4 is 18.3 Å². The fraction of sp³-hybridized carbons (Fsp3) is 0.354. The maximum atomic E-state index is 6.35. The molecule has 3 aliphatic heterocycles. The number of pyridine rings is 8. The highest BCUT2D eigenvalue weighted by Crippen LogP contribution is 2.45. The van der Waals surface area contributed by atoms with Gasteiger partial charge in [0.05, 0.1) is 22.3 Å². The molecule has 16 aromatic rings. The molecule has 0 amide bonds. The van der Waals surface area contributed by atoms with Gasteiger partial charge in [0.15, 0.2) is 66.8 Å². The summed E-state index contributed by atoms with van der Waals surface area (Å²) in [5.41, 5.74) is 37.3. The average Bonchev–Trinajstić information content (AvgIpc) is 1.60. The van der Waals surface area contributed by atoms with Crippen LogP contribution in [0.2, 0.25) is 0 Å². The lowest BCUT2D eigenvalue weighted by atomic mass is 9.96. The van der Waals surface area contributed by atoms with Gasteiger partial charge in [-0.3, -0.25) is 0 Å². The van der Waals surface area contributed by atoms with E-state index in [2.05, 4.69) is 303 Å². The van der Waals surface area contributed by atoms with Gasteiger partial charge < -0.3 is 17.7 Å². The number of aromatic nitrogens is 8. The highest BCUT2D eigenvalue weighted by molar-refractivity contribution is 6.12. The smallest absolute Gasteiger partial charge is 0.227 e. The Morgan fingerprint density at radius 2 is 0.604 bits per heavy atom. The van der Waals surface area contributed by atoms with Crippen molar-refractivity contribution in [3.05, 3.63) is 236 Å². The standard InChI is InChI=1S/2C25H27N2O.C25H29N2O.C24H25N2O/c2*1-14(2)10-18-13-27-12-17-6-7-19-20-8-9-21(15(3)4)26-25(20)28-24(19)23(17)22(27)11-16(18)5;1-7-19-9-11-21-20-10-8-16(4)23(24(20)28-25(21)26-19)22-13-17(5)18(12-15(2)3)14-27(22)6;1-5-18-7-9-20-19-8-6-16-12-26-13-17(10-14(2)3)15(4)11-21(26)22(16)23(19)27-24(20)25-18/h2*6-9,11,13-15H,10,12H2,1-5H3;8-11,13-15H,7,12H2,1-6H3;6-9,11,13-14H,5,10,12H2,1-4H3/q4*+1. The summed E-state index contributed by atoms with van der Waals surface area (Å²) in [7, 11) is 2.13. The van der Waals surface area contributed by atoms with Crippen LogP contribution in [-0.2, 0) is 65.2 Å². The van der Waals surface area contributed by atoms with E-state index in [0.717, 1.165) is 175 Å². The molecule has 0 fully saturated rings. The molecule has 0 radical (unpaired) electrons. The molecular formula is C99H108N8O4+4. The van der Waals surface area contributed by atoms with Gasteiger partial charge in [0.2, 0.25) is 45.6 Å². The van der Waals surface area contributed by atoms with E-state index in [1.807, 2.05) is 0 Å². The summed E-state index contributed by atoms with van der Waals surface area (Å²) in [6.45, 7) is 44.9. The molecule has 564 valence electrons. The van der Waals surface area contributed by atoms with Crippen LogP contribution in [0, 0.1) is 58.3 Å². The average molecular weight is 1470 g/mol. The van der Waals surface area contributed by atoms with E-state index in [0.29, 0.717) is 35.5 Å². The summed E-state index contributed by atoms with van der Waals surface area (Å²) < 4.78 is 34.7. The largest absolute Gasteiger partial charge is 0.437 e. The number of nitrogens with zero attached hydrogens (tertiary/aromatic N) is 8. The third-order valence-electron chi connectivity index (χ3n) is 23.2. The number of furan rings is 4. The van der Waals surface area contributed by atoms with Gasteiger partial charge in [-0.1, -0.05) is 127 Å². The lowest BCUT2D eigenvalue weighted by molar-refractivity contribution is -0.672. The molecular weight excluding hydrogens is 1370 g/mol. The molecule has 0 aliphatic carbocycles. The predicted octanol–water partition coefficient (Wildman–Crippen LogP) is 23.1. The van der Waals surface area contributed by atoms with Crippen LogP contribution in [-0.4, -0.2) is 19.9 Å². The van der Waals surface area contributed by atoms with Crippen LogP contribution in [0.25, 0.3) is 133 Å².